The Bertz CT molecular complexity index is 40.7. The van der Waals surface area contributed by atoms with Crippen molar-refractivity contribution in [2.75, 3.05) is 13.3 Å². The highest BCUT2D eigenvalue weighted by Crippen LogP contribution is 1.72. The molecule has 3 N–H and O–H groups in total. The Kier molecular flexibility index (Phi) is 3.98. The van der Waals surface area contributed by atoms with Crippen LogP contribution in [-0.4, -0.2) is 29.6 Å². The fourth-order valence-corrected chi connectivity index (χ4v) is 0.220. The van der Waals surface area contributed by atoms with Crippen LogP contribution in [0.15, 0.2) is 0 Å². The Morgan fingerprint density at radius 2 is 2.14 bits per heavy atom. The first-order chi connectivity index (χ1) is 3.31. The smallest absolute Gasteiger partial charge is 0.0934 e. The predicted molar refractivity (Wildman–Crippen MR) is 26.8 cm³/mol. The lowest BCUT2D eigenvalue weighted by molar-refractivity contribution is 0.196. The molecule has 0 aliphatic rings. The lowest BCUT2D eigenvalue weighted by Crippen LogP contribution is -2.29. The molecule has 0 aromatic rings. The van der Waals surface area contributed by atoms with Crippen LogP contribution in [0.5, 0.6) is 0 Å². The molecule has 0 heterocycles. The van der Waals surface area contributed by atoms with Crippen LogP contribution in [0.3, 0.4) is 0 Å². The molecule has 0 saturated carbocycles. The second kappa shape index (κ2) is 4.05. The van der Waals surface area contributed by atoms with E-state index in [2.05, 4.69) is 5.32 Å². The maximum absolute atomic E-state index is 8.29. The fourth-order valence-electron chi connectivity index (χ4n) is 0.220. The van der Waals surface area contributed by atoms with E-state index >= 15 is 0 Å². The number of nitrogens with one attached hydrogen (secondary N) is 1. The summed E-state index contributed by atoms with van der Waals surface area (Å²) in [5, 5.41) is 19.0. The Hall–Kier alpha value is -0.120. The molecule has 0 aromatic carbocycles. The molecule has 0 bridgehead atoms. The van der Waals surface area contributed by atoms with Gasteiger partial charge < -0.3 is 10.2 Å². The van der Waals surface area contributed by atoms with E-state index in [9.17, 15) is 0 Å². The van der Waals surface area contributed by atoms with Crippen LogP contribution >= 0.6 is 0 Å². The number of aliphatic hydroxyl groups excluding tert-OH is 2. The number of hydrogen-bond donors (Lipinski definition) is 3. The van der Waals surface area contributed by atoms with E-state index in [4.69, 9.17) is 10.2 Å². The van der Waals surface area contributed by atoms with Crippen molar-refractivity contribution in [1.82, 2.24) is 5.32 Å². The van der Waals surface area contributed by atoms with Gasteiger partial charge in [-0.25, -0.2) is 0 Å². The van der Waals surface area contributed by atoms with Crippen molar-refractivity contribution < 1.29 is 10.2 Å². The number of aliphatic hydroxyl groups is 2. The van der Waals surface area contributed by atoms with E-state index in [0.29, 0.717) is 0 Å². The quantitative estimate of drug-likeness (QED) is 0.400. The molecule has 1 unspecified atom stereocenters. The van der Waals surface area contributed by atoms with Gasteiger partial charge in [-0.1, -0.05) is 0 Å². The summed E-state index contributed by atoms with van der Waals surface area (Å²) < 4.78 is 0. The van der Waals surface area contributed by atoms with Crippen molar-refractivity contribution >= 4 is 0 Å². The van der Waals surface area contributed by atoms with Crippen molar-refractivity contribution in [2.45, 2.75) is 13.0 Å². The Labute approximate surface area is 43.0 Å². The van der Waals surface area contributed by atoms with Gasteiger partial charge in [-0.05, 0) is 6.92 Å². The first-order valence-electron chi connectivity index (χ1n) is 2.26. The summed E-state index contributed by atoms with van der Waals surface area (Å²) >= 11 is 0. The van der Waals surface area contributed by atoms with E-state index in [-0.39, 0.29) is 19.4 Å². The molecule has 0 aromatic heterocycles. The molecule has 0 aliphatic carbocycles. The largest absolute Gasteiger partial charge is 0.395 e. The van der Waals surface area contributed by atoms with E-state index in [1.807, 2.05) is 0 Å². The van der Waals surface area contributed by atoms with E-state index in [1.165, 1.54) is 0 Å². The molecule has 0 amide bonds. The van der Waals surface area contributed by atoms with Crippen LogP contribution in [0.1, 0.15) is 6.92 Å². The maximum atomic E-state index is 8.29. The van der Waals surface area contributed by atoms with Gasteiger partial charge in [0, 0.05) is 6.04 Å². The molecule has 3 nitrogen and oxygen atoms in total. The van der Waals surface area contributed by atoms with Crippen molar-refractivity contribution in [1.29, 1.82) is 0 Å². The lowest BCUT2D eigenvalue weighted by atomic mass is 10.4. The molecule has 0 spiro atoms. The van der Waals surface area contributed by atoms with Gasteiger partial charge in [0.2, 0.25) is 0 Å². The fraction of sp³-hybridized carbons (Fsp3) is 1.00. The van der Waals surface area contributed by atoms with E-state index in [1.54, 1.807) is 6.92 Å². The Balaban J connectivity index is 2.83. The third-order valence-electron chi connectivity index (χ3n) is 0.714. The number of hydrogen-bond acceptors (Lipinski definition) is 3. The van der Waals surface area contributed by atoms with Gasteiger partial charge in [0.05, 0.1) is 13.3 Å². The van der Waals surface area contributed by atoms with Crippen molar-refractivity contribution in [2.24, 2.45) is 0 Å². The zero-order chi connectivity index (χ0) is 5.70. The minimum atomic E-state index is -0.0677. The molecular weight excluding hydrogens is 94.0 g/mol. The van der Waals surface area contributed by atoms with Gasteiger partial charge in [-0.15, -0.1) is 0 Å². The normalized spacial score (nSPS) is 14.1. The van der Waals surface area contributed by atoms with Gasteiger partial charge in [0.15, 0.2) is 0 Å². The molecule has 0 radical (unpaired) electrons. The summed E-state index contributed by atoms with van der Waals surface area (Å²) in [5.74, 6) is 0. The SMILES string of the molecule is CC(CO)NCO. The minimum Gasteiger partial charge on any atom is -0.395 e. The van der Waals surface area contributed by atoms with Gasteiger partial charge in [0.1, 0.15) is 0 Å². The molecule has 44 valence electrons. The van der Waals surface area contributed by atoms with Crippen molar-refractivity contribution in [3.8, 4) is 0 Å². The first kappa shape index (κ1) is 6.88. The van der Waals surface area contributed by atoms with Crippen LogP contribution < -0.4 is 5.32 Å². The summed E-state index contributed by atoms with van der Waals surface area (Å²) in [6.07, 6.45) is 0. The average molecular weight is 105 g/mol. The molecule has 0 fully saturated rings. The highest BCUT2D eigenvalue weighted by atomic mass is 16.3. The second-order valence-electron chi connectivity index (χ2n) is 1.45. The predicted octanol–water partition coefficient (Wildman–Crippen LogP) is -1.09. The summed E-state index contributed by atoms with van der Waals surface area (Å²) in [5.41, 5.74) is 0. The molecule has 3 heteroatoms. The Morgan fingerprint density at radius 1 is 1.57 bits per heavy atom. The third-order valence-corrected chi connectivity index (χ3v) is 0.714. The standard InChI is InChI=1S/C4H11NO2/c1-4(2-6)5-3-7/h4-7H,2-3H2,1H3. The summed E-state index contributed by atoms with van der Waals surface area (Å²) in [4.78, 5) is 0. The molecule has 0 rings (SSSR count). The van der Waals surface area contributed by atoms with Crippen LogP contribution in [0.25, 0.3) is 0 Å². The lowest BCUT2D eigenvalue weighted by Gasteiger charge is -2.04. The van der Waals surface area contributed by atoms with Gasteiger partial charge in [-0.3, -0.25) is 5.32 Å². The van der Waals surface area contributed by atoms with Crippen molar-refractivity contribution in [3.05, 3.63) is 0 Å². The first-order valence-corrected chi connectivity index (χ1v) is 2.26. The summed E-state index contributed by atoms with van der Waals surface area (Å²) in [7, 11) is 0. The zero-order valence-corrected chi connectivity index (χ0v) is 4.39. The van der Waals surface area contributed by atoms with Gasteiger partial charge in [0.25, 0.3) is 0 Å². The zero-order valence-electron chi connectivity index (χ0n) is 4.39. The van der Waals surface area contributed by atoms with Gasteiger partial charge in [-0.2, -0.15) is 0 Å². The highest BCUT2D eigenvalue weighted by Gasteiger charge is 1.92. The van der Waals surface area contributed by atoms with Crippen LogP contribution in [0.4, 0.5) is 0 Å². The van der Waals surface area contributed by atoms with Crippen LogP contribution in [0.2, 0.25) is 0 Å². The number of rotatable bonds is 3. The monoisotopic (exact) mass is 105 g/mol. The van der Waals surface area contributed by atoms with E-state index < -0.39 is 0 Å². The van der Waals surface area contributed by atoms with E-state index in [0.717, 1.165) is 0 Å². The highest BCUT2D eigenvalue weighted by molar-refractivity contribution is 4.51. The molecule has 7 heavy (non-hydrogen) atoms. The Morgan fingerprint density at radius 3 is 2.29 bits per heavy atom. The second-order valence-corrected chi connectivity index (χ2v) is 1.45. The van der Waals surface area contributed by atoms with Crippen molar-refractivity contribution in [3.63, 3.8) is 0 Å². The minimum absolute atomic E-state index is 0.00463. The van der Waals surface area contributed by atoms with Crippen LogP contribution in [0, 0.1) is 0 Å². The third kappa shape index (κ3) is 3.72. The topological polar surface area (TPSA) is 52.5 Å². The summed E-state index contributed by atoms with van der Waals surface area (Å²) in [6, 6.07) is 0.00463. The molecule has 0 saturated heterocycles. The molecular formula is C4H11NO2. The average Bonchev–Trinajstić information content (AvgIpc) is 1.68. The molecule has 1 atom stereocenters. The summed E-state index contributed by atoms with van der Waals surface area (Å²) in [6.45, 7) is 1.79. The van der Waals surface area contributed by atoms with Gasteiger partial charge >= 0.3 is 0 Å². The van der Waals surface area contributed by atoms with Crippen LogP contribution in [-0.2, 0) is 0 Å². The maximum Gasteiger partial charge on any atom is 0.0934 e. The molecule has 0 aliphatic heterocycles.